The molecule has 0 saturated heterocycles. The maximum atomic E-state index is 5.96. The molecule has 0 spiro atoms. The summed E-state index contributed by atoms with van der Waals surface area (Å²) in [4.78, 5) is 2.52. The summed E-state index contributed by atoms with van der Waals surface area (Å²) in [5.41, 5.74) is 6.41. The number of nitrogens with zero attached hydrogens (tertiary/aromatic N) is 1. The molecule has 0 bridgehead atoms. The smallest absolute Gasteiger partial charge is 0.00640 e. The first-order valence-electron chi connectivity index (χ1n) is 6.54. The molecule has 2 nitrogen and oxygen atoms in total. The lowest BCUT2D eigenvalue weighted by atomic mass is 9.85. The fraction of sp³-hybridized carbons (Fsp3) is 1.00. The molecule has 2 heteroatoms. The molecular formula is C13H28N2. The second kappa shape index (κ2) is 5.86. The van der Waals surface area contributed by atoms with Crippen molar-refractivity contribution in [1.29, 1.82) is 0 Å². The van der Waals surface area contributed by atoms with Crippen molar-refractivity contribution in [2.75, 3.05) is 20.1 Å². The van der Waals surface area contributed by atoms with E-state index >= 15 is 0 Å². The first-order valence-corrected chi connectivity index (χ1v) is 6.54. The van der Waals surface area contributed by atoms with E-state index in [9.17, 15) is 0 Å². The minimum atomic E-state index is 0.441. The van der Waals surface area contributed by atoms with Crippen molar-refractivity contribution >= 4 is 0 Å². The van der Waals surface area contributed by atoms with Crippen molar-refractivity contribution in [3.8, 4) is 0 Å². The Labute approximate surface area is 95.2 Å². The zero-order valence-electron chi connectivity index (χ0n) is 10.8. The average molecular weight is 212 g/mol. The van der Waals surface area contributed by atoms with Gasteiger partial charge < -0.3 is 10.6 Å². The number of hydrogen-bond donors (Lipinski definition) is 1. The first-order chi connectivity index (χ1) is 7.13. The summed E-state index contributed by atoms with van der Waals surface area (Å²) in [5.74, 6) is 0. The normalized spacial score (nSPS) is 22.2. The van der Waals surface area contributed by atoms with E-state index in [4.69, 9.17) is 5.73 Å². The van der Waals surface area contributed by atoms with Gasteiger partial charge in [0.15, 0.2) is 0 Å². The van der Waals surface area contributed by atoms with Gasteiger partial charge >= 0.3 is 0 Å². The summed E-state index contributed by atoms with van der Waals surface area (Å²) in [6.45, 7) is 6.67. The third-order valence-corrected chi connectivity index (χ3v) is 4.14. The van der Waals surface area contributed by atoms with Crippen LogP contribution in [0.25, 0.3) is 0 Å². The van der Waals surface area contributed by atoms with Crippen molar-refractivity contribution < 1.29 is 0 Å². The van der Waals surface area contributed by atoms with Gasteiger partial charge in [-0.25, -0.2) is 0 Å². The van der Waals surface area contributed by atoms with E-state index in [0.29, 0.717) is 11.5 Å². The predicted molar refractivity (Wildman–Crippen MR) is 67.0 cm³/mol. The molecule has 0 aromatic carbocycles. The lowest BCUT2D eigenvalue weighted by Crippen LogP contribution is -2.42. The largest absolute Gasteiger partial charge is 0.330 e. The van der Waals surface area contributed by atoms with Crippen LogP contribution in [-0.2, 0) is 0 Å². The second-order valence-electron chi connectivity index (χ2n) is 5.46. The van der Waals surface area contributed by atoms with Crippen LogP contribution in [0.2, 0.25) is 0 Å². The molecule has 1 unspecified atom stereocenters. The topological polar surface area (TPSA) is 29.3 Å². The molecule has 0 aliphatic heterocycles. The highest BCUT2D eigenvalue weighted by Crippen LogP contribution is 2.37. The number of hydrogen-bond acceptors (Lipinski definition) is 2. The lowest BCUT2D eigenvalue weighted by Gasteiger charge is -2.35. The van der Waals surface area contributed by atoms with Gasteiger partial charge in [0.1, 0.15) is 0 Å². The van der Waals surface area contributed by atoms with E-state index < -0.39 is 0 Å². The zero-order valence-corrected chi connectivity index (χ0v) is 10.8. The monoisotopic (exact) mass is 212 g/mol. The number of nitrogens with two attached hydrogens (primary N) is 1. The Hall–Kier alpha value is -0.0800. The minimum absolute atomic E-state index is 0.441. The summed E-state index contributed by atoms with van der Waals surface area (Å²) < 4.78 is 0. The summed E-state index contributed by atoms with van der Waals surface area (Å²) in [6.07, 6.45) is 8.03. The van der Waals surface area contributed by atoms with Crippen molar-refractivity contribution in [3.63, 3.8) is 0 Å². The van der Waals surface area contributed by atoms with Gasteiger partial charge in [0.05, 0.1) is 0 Å². The van der Waals surface area contributed by atoms with Crippen LogP contribution in [-0.4, -0.2) is 31.1 Å². The number of rotatable bonds is 6. The maximum Gasteiger partial charge on any atom is 0.00640 e. The molecular weight excluding hydrogens is 184 g/mol. The Kier molecular flexibility index (Phi) is 5.07. The SMILES string of the molecule is CCCC(C)N(C)CC1(CN)CCCC1. The van der Waals surface area contributed by atoms with E-state index in [1.165, 1.54) is 45.1 Å². The van der Waals surface area contributed by atoms with Gasteiger partial charge in [-0.1, -0.05) is 26.2 Å². The third kappa shape index (κ3) is 3.46. The molecule has 1 aliphatic rings. The molecule has 1 atom stereocenters. The van der Waals surface area contributed by atoms with Gasteiger partial charge in [-0.3, -0.25) is 0 Å². The van der Waals surface area contributed by atoms with Crippen molar-refractivity contribution in [2.45, 2.75) is 58.4 Å². The van der Waals surface area contributed by atoms with Crippen molar-refractivity contribution in [3.05, 3.63) is 0 Å². The Morgan fingerprint density at radius 1 is 1.33 bits per heavy atom. The molecule has 0 aromatic heterocycles. The van der Waals surface area contributed by atoms with E-state index in [0.717, 1.165) is 6.54 Å². The molecule has 1 fully saturated rings. The summed E-state index contributed by atoms with van der Waals surface area (Å²) in [7, 11) is 2.26. The Balaban J connectivity index is 2.43. The van der Waals surface area contributed by atoms with E-state index in [1.54, 1.807) is 0 Å². The van der Waals surface area contributed by atoms with Crippen LogP contribution in [0, 0.1) is 5.41 Å². The van der Waals surface area contributed by atoms with Crippen LogP contribution in [0.5, 0.6) is 0 Å². The molecule has 0 aromatic rings. The quantitative estimate of drug-likeness (QED) is 0.733. The van der Waals surface area contributed by atoms with Crippen molar-refractivity contribution in [2.24, 2.45) is 11.1 Å². The average Bonchev–Trinajstić information content (AvgIpc) is 2.67. The fourth-order valence-corrected chi connectivity index (χ4v) is 2.87. The second-order valence-corrected chi connectivity index (χ2v) is 5.46. The third-order valence-electron chi connectivity index (χ3n) is 4.14. The molecule has 90 valence electrons. The van der Waals surface area contributed by atoms with Crippen LogP contribution < -0.4 is 5.73 Å². The van der Waals surface area contributed by atoms with Crippen LogP contribution in [0.1, 0.15) is 52.4 Å². The molecule has 0 heterocycles. The maximum absolute atomic E-state index is 5.96. The van der Waals surface area contributed by atoms with Gasteiger partial charge in [-0.05, 0) is 45.2 Å². The summed E-state index contributed by atoms with van der Waals surface area (Å²) in [6, 6.07) is 0.707. The molecule has 0 amide bonds. The van der Waals surface area contributed by atoms with Crippen LogP contribution >= 0.6 is 0 Å². The summed E-state index contributed by atoms with van der Waals surface area (Å²) >= 11 is 0. The first kappa shape index (κ1) is 13.0. The molecule has 2 N–H and O–H groups in total. The van der Waals surface area contributed by atoms with E-state index in [-0.39, 0.29) is 0 Å². The van der Waals surface area contributed by atoms with E-state index in [2.05, 4.69) is 25.8 Å². The molecule has 0 radical (unpaired) electrons. The Morgan fingerprint density at radius 2 is 1.93 bits per heavy atom. The Bertz CT molecular complexity index is 173. The molecule has 15 heavy (non-hydrogen) atoms. The van der Waals surface area contributed by atoms with Gasteiger partial charge in [-0.15, -0.1) is 0 Å². The predicted octanol–water partition coefficient (Wildman–Crippen LogP) is 2.63. The molecule has 1 aliphatic carbocycles. The van der Waals surface area contributed by atoms with Crippen molar-refractivity contribution in [1.82, 2.24) is 4.90 Å². The highest BCUT2D eigenvalue weighted by atomic mass is 15.1. The zero-order chi connectivity index (χ0) is 11.3. The fourth-order valence-electron chi connectivity index (χ4n) is 2.87. The standard InChI is InChI=1S/C13H28N2/c1-4-7-12(2)15(3)11-13(10-14)8-5-6-9-13/h12H,4-11,14H2,1-3H3. The van der Waals surface area contributed by atoms with E-state index in [1.807, 2.05) is 0 Å². The van der Waals surface area contributed by atoms with Crippen LogP contribution in [0.3, 0.4) is 0 Å². The lowest BCUT2D eigenvalue weighted by molar-refractivity contribution is 0.144. The summed E-state index contributed by atoms with van der Waals surface area (Å²) in [5, 5.41) is 0. The molecule has 1 saturated carbocycles. The minimum Gasteiger partial charge on any atom is -0.330 e. The van der Waals surface area contributed by atoms with Gasteiger partial charge in [0.25, 0.3) is 0 Å². The van der Waals surface area contributed by atoms with Gasteiger partial charge in [0.2, 0.25) is 0 Å². The highest BCUT2D eigenvalue weighted by molar-refractivity contribution is 4.88. The van der Waals surface area contributed by atoms with Gasteiger partial charge in [0, 0.05) is 12.6 Å². The molecule has 1 rings (SSSR count). The Morgan fingerprint density at radius 3 is 2.40 bits per heavy atom. The van der Waals surface area contributed by atoms with Gasteiger partial charge in [-0.2, -0.15) is 0 Å². The van der Waals surface area contributed by atoms with Crippen LogP contribution in [0.15, 0.2) is 0 Å². The van der Waals surface area contributed by atoms with Crippen LogP contribution in [0.4, 0.5) is 0 Å². The highest BCUT2D eigenvalue weighted by Gasteiger charge is 2.34.